The van der Waals surface area contributed by atoms with E-state index in [2.05, 4.69) is 34.5 Å². The number of hydrogen-bond acceptors (Lipinski definition) is 4. The molecule has 0 bridgehead atoms. The van der Waals surface area contributed by atoms with Crippen LogP contribution in [0.5, 0.6) is 0 Å². The van der Waals surface area contributed by atoms with Crippen LogP contribution in [0.3, 0.4) is 0 Å². The summed E-state index contributed by atoms with van der Waals surface area (Å²) in [5.74, 6) is -0.157. The normalized spacial score (nSPS) is 16.2. The molecule has 2 aromatic carbocycles. The number of nitrogens with one attached hydrogen (secondary N) is 1. The molecule has 0 aromatic heterocycles. The van der Waals surface area contributed by atoms with Crippen LogP contribution in [0, 0.1) is 0 Å². The first-order chi connectivity index (χ1) is 13.4. The summed E-state index contributed by atoms with van der Waals surface area (Å²) in [6.07, 6.45) is 1.82. The zero-order valence-electron chi connectivity index (χ0n) is 16.3. The SMILES string of the molecule is CN(C)S(=O)(=O)c1ccc(C(=O)NC2CCN(Cc3ccccc3)CC2)cc1. The van der Waals surface area contributed by atoms with Crippen molar-refractivity contribution in [1.29, 1.82) is 0 Å². The van der Waals surface area contributed by atoms with E-state index in [0.717, 1.165) is 36.8 Å². The number of sulfonamides is 1. The molecule has 0 radical (unpaired) electrons. The van der Waals surface area contributed by atoms with E-state index in [1.54, 1.807) is 12.1 Å². The Kier molecular flexibility index (Phi) is 6.49. The first-order valence-electron chi connectivity index (χ1n) is 9.46. The van der Waals surface area contributed by atoms with Crippen molar-refractivity contribution in [2.24, 2.45) is 0 Å². The van der Waals surface area contributed by atoms with E-state index in [-0.39, 0.29) is 16.8 Å². The lowest BCUT2D eigenvalue weighted by Gasteiger charge is -2.32. The van der Waals surface area contributed by atoms with Gasteiger partial charge in [-0.25, -0.2) is 12.7 Å². The highest BCUT2D eigenvalue weighted by molar-refractivity contribution is 7.89. The zero-order chi connectivity index (χ0) is 20.1. The lowest BCUT2D eigenvalue weighted by molar-refractivity contribution is 0.0909. The van der Waals surface area contributed by atoms with Crippen molar-refractivity contribution in [3.8, 4) is 0 Å². The third-order valence-electron chi connectivity index (χ3n) is 5.07. The van der Waals surface area contributed by atoms with E-state index in [4.69, 9.17) is 0 Å². The topological polar surface area (TPSA) is 69.7 Å². The Hall–Kier alpha value is -2.22. The van der Waals surface area contributed by atoms with Crippen LogP contribution in [0.1, 0.15) is 28.8 Å². The molecular weight excluding hydrogens is 374 g/mol. The summed E-state index contributed by atoms with van der Waals surface area (Å²) in [4.78, 5) is 15.1. The highest BCUT2D eigenvalue weighted by Crippen LogP contribution is 2.16. The molecule has 7 heteroatoms. The lowest BCUT2D eigenvalue weighted by atomic mass is 10.0. The third-order valence-corrected chi connectivity index (χ3v) is 6.90. The van der Waals surface area contributed by atoms with Gasteiger partial charge in [0.05, 0.1) is 4.90 Å². The second-order valence-corrected chi connectivity index (χ2v) is 9.47. The number of benzene rings is 2. The largest absolute Gasteiger partial charge is 0.349 e. The molecule has 1 fully saturated rings. The van der Waals surface area contributed by atoms with Crippen molar-refractivity contribution in [2.75, 3.05) is 27.2 Å². The van der Waals surface area contributed by atoms with Gasteiger partial charge < -0.3 is 5.32 Å². The average Bonchev–Trinajstić information content (AvgIpc) is 2.70. The summed E-state index contributed by atoms with van der Waals surface area (Å²) in [7, 11) is -0.510. The molecule has 2 aromatic rings. The fourth-order valence-electron chi connectivity index (χ4n) is 3.33. The number of carbonyl (C=O) groups is 1. The molecule has 28 heavy (non-hydrogen) atoms. The molecule has 150 valence electrons. The molecule has 0 saturated carbocycles. The fourth-order valence-corrected chi connectivity index (χ4v) is 4.24. The fraction of sp³-hybridized carbons (Fsp3) is 0.381. The molecule has 1 amide bonds. The van der Waals surface area contributed by atoms with E-state index in [1.165, 1.54) is 31.8 Å². The number of likely N-dealkylation sites (tertiary alicyclic amines) is 1. The van der Waals surface area contributed by atoms with Crippen molar-refractivity contribution in [3.05, 3.63) is 65.7 Å². The van der Waals surface area contributed by atoms with Crippen molar-refractivity contribution in [3.63, 3.8) is 0 Å². The maximum Gasteiger partial charge on any atom is 0.251 e. The number of carbonyl (C=O) groups excluding carboxylic acids is 1. The van der Waals surface area contributed by atoms with Crippen LogP contribution in [0.4, 0.5) is 0 Å². The Bertz CT molecular complexity index is 888. The summed E-state index contributed by atoms with van der Waals surface area (Å²) in [5.41, 5.74) is 1.78. The maximum absolute atomic E-state index is 12.5. The molecule has 0 unspecified atom stereocenters. The van der Waals surface area contributed by atoms with Gasteiger partial charge in [0.1, 0.15) is 0 Å². The Morgan fingerprint density at radius 2 is 1.64 bits per heavy atom. The molecular formula is C21H27N3O3S. The maximum atomic E-state index is 12.5. The molecule has 1 saturated heterocycles. The summed E-state index contributed by atoms with van der Waals surface area (Å²) >= 11 is 0. The Morgan fingerprint density at radius 3 is 2.21 bits per heavy atom. The first kappa shape index (κ1) is 20.5. The Morgan fingerprint density at radius 1 is 1.04 bits per heavy atom. The first-order valence-corrected chi connectivity index (χ1v) is 10.9. The van der Waals surface area contributed by atoms with E-state index < -0.39 is 10.0 Å². The van der Waals surface area contributed by atoms with Gasteiger partial charge in [0.2, 0.25) is 10.0 Å². The van der Waals surface area contributed by atoms with Gasteiger partial charge in [-0.15, -0.1) is 0 Å². The Balaban J connectivity index is 1.52. The molecule has 3 rings (SSSR count). The molecule has 0 atom stereocenters. The monoisotopic (exact) mass is 401 g/mol. The minimum atomic E-state index is -3.48. The van der Waals surface area contributed by atoms with Gasteiger partial charge in [0, 0.05) is 45.3 Å². The standard InChI is InChI=1S/C21H27N3O3S/c1-23(2)28(26,27)20-10-8-18(9-11-20)21(25)22-19-12-14-24(15-13-19)16-17-6-4-3-5-7-17/h3-11,19H,12-16H2,1-2H3,(H,22,25). The van der Waals surface area contributed by atoms with Crippen molar-refractivity contribution in [1.82, 2.24) is 14.5 Å². The van der Waals surface area contributed by atoms with Crippen LogP contribution in [0.2, 0.25) is 0 Å². The van der Waals surface area contributed by atoms with E-state index in [0.29, 0.717) is 5.56 Å². The minimum Gasteiger partial charge on any atom is -0.349 e. The van der Waals surface area contributed by atoms with Gasteiger partial charge in [-0.1, -0.05) is 30.3 Å². The average molecular weight is 402 g/mol. The highest BCUT2D eigenvalue weighted by atomic mass is 32.2. The van der Waals surface area contributed by atoms with Crippen molar-refractivity contribution >= 4 is 15.9 Å². The summed E-state index contributed by atoms with van der Waals surface area (Å²) in [5, 5.41) is 3.08. The summed E-state index contributed by atoms with van der Waals surface area (Å²) in [6, 6.07) is 16.6. The molecule has 6 nitrogen and oxygen atoms in total. The highest BCUT2D eigenvalue weighted by Gasteiger charge is 2.22. The van der Waals surface area contributed by atoms with E-state index >= 15 is 0 Å². The van der Waals surface area contributed by atoms with E-state index in [9.17, 15) is 13.2 Å². The second kappa shape index (κ2) is 8.86. The zero-order valence-corrected chi connectivity index (χ0v) is 17.2. The smallest absolute Gasteiger partial charge is 0.251 e. The minimum absolute atomic E-state index is 0.143. The Labute approximate surface area is 167 Å². The predicted octanol–water partition coefficient (Wildman–Crippen LogP) is 2.33. The van der Waals surface area contributed by atoms with Crippen LogP contribution in [0.15, 0.2) is 59.5 Å². The summed E-state index contributed by atoms with van der Waals surface area (Å²) < 4.78 is 25.4. The van der Waals surface area contributed by atoms with Crippen LogP contribution in [-0.2, 0) is 16.6 Å². The number of nitrogens with zero attached hydrogens (tertiary/aromatic N) is 2. The quantitative estimate of drug-likeness (QED) is 0.807. The number of hydrogen-bond donors (Lipinski definition) is 1. The van der Waals surface area contributed by atoms with Gasteiger partial charge in [-0.05, 0) is 42.7 Å². The van der Waals surface area contributed by atoms with Gasteiger partial charge >= 0.3 is 0 Å². The van der Waals surface area contributed by atoms with Gasteiger partial charge in [-0.3, -0.25) is 9.69 Å². The van der Waals surface area contributed by atoms with Crippen LogP contribution in [0.25, 0.3) is 0 Å². The van der Waals surface area contributed by atoms with Crippen LogP contribution < -0.4 is 5.32 Å². The molecule has 1 aliphatic heterocycles. The predicted molar refractivity (Wildman–Crippen MR) is 110 cm³/mol. The molecule has 0 spiro atoms. The van der Waals surface area contributed by atoms with Crippen molar-refractivity contribution in [2.45, 2.75) is 30.3 Å². The van der Waals surface area contributed by atoms with Gasteiger partial charge in [0.25, 0.3) is 5.91 Å². The molecule has 1 N–H and O–H groups in total. The third kappa shape index (κ3) is 4.98. The van der Waals surface area contributed by atoms with Crippen LogP contribution in [-0.4, -0.2) is 56.8 Å². The van der Waals surface area contributed by atoms with Crippen molar-refractivity contribution < 1.29 is 13.2 Å². The molecule has 0 aliphatic carbocycles. The second-order valence-electron chi connectivity index (χ2n) is 7.32. The number of amides is 1. The van der Waals surface area contributed by atoms with Gasteiger partial charge in [-0.2, -0.15) is 0 Å². The summed E-state index contributed by atoms with van der Waals surface area (Å²) in [6.45, 7) is 2.82. The number of rotatable bonds is 6. The number of piperidine rings is 1. The molecule has 1 heterocycles. The van der Waals surface area contributed by atoms with Gasteiger partial charge in [0.15, 0.2) is 0 Å². The lowest BCUT2D eigenvalue weighted by Crippen LogP contribution is -2.44. The van der Waals surface area contributed by atoms with E-state index in [1.807, 2.05) is 6.07 Å². The molecule has 1 aliphatic rings. The van der Waals surface area contributed by atoms with Crippen LogP contribution >= 0.6 is 0 Å².